The SMILES string of the molecule is [K+].[K+].[K+].[K+].[K+].[K+].[OH-].[OH-].[OH-].[OH-].[OH-].[OH-].[Os]. The van der Waals surface area contributed by atoms with E-state index in [0.29, 0.717) is 0 Å². The van der Waals surface area contributed by atoms with E-state index < -0.39 is 0 Å². The molecule has 0 saturated heterocycles. The zero-order chi connectivity index (χ0) is 0. The van der Waals surface area contributed by atoms with Crippen molar-refractivity contribution in [2.75, 3.05) is 0 Å². The molecule has 13 heavy (non-hydrogen) atoms. The molecular weight excluding hydrogens is 521 g/mol. The van der Waals surface area contributed by atoms with Crippen LogP contribution in [-0.2, 0) is 19.8 Å². The molecule has 0 heterocycles. The Morgan fingerprint density at radius 3 is 0.231 bits per heavy atom. The van der Waals surface area contributed by atoms with Gasteiger partial charge in [0.05, 0.1) is 0 Å². The summed E-state index contributed by atoms with van der Waals surface area (Å²) in [5.74, 6) is 0. The Morgan fingerprint density at radius 1 is 0.231 bits per heavy atom. The van der Waals surface area contributed by atoms with Gasteiger partial charge in [-0.25, -0.2) is 0 Å². The molecule has 0 saturated carbocycles. The predicted molar refractivity (Wildman–Crippen MR) is 11.6 cm³/mol. The average molecular weight is 527 g/mol. The van der Waals surface area contributed by atoms with Gasteiger partial charge in [0.2, 0.25) is 0 Å². The van der Waals surface area contributed by atoms with E-state index in [4.69, 9.17) is 0 Å². The molecule has 0 rings (SSSR count). The second kappa shape index (κ2) is 95.8. The predicted octanol–water partition coefficient (Wildman–Crippen LogP) is -19.0. The van der Waals surface area contributed by atoms with Crippen LogP contribution in [0.1, 0.15) is 0 Å². The molecule has 0 aromatic carbocycles. The maximum atomic E-state index is 0. The van der Waals surface area contributed by atoms with Crippen LogP contribution in [0.4, 0.5) is 0 Å². The van der Waals surface area contributed by atoms with Crippen LogP contribution < -0.4 is 308 Å². The van der Waals surface area contributed by atoms with E-state index in [0.717, 1.165) is 0 Å². The van der Waals surface area contributed by atoms with Gasteiger partial charge in [-0.1, -0.05) is 0 Å². The molecule has 13 heteroatoms. The Kier molecular flexibility index (Phi) is 809. The summed E-state index contributed by atoms with van der Waals surface area (Å²) < 4.78 is 0. The third-order valence-electron chi connectivity index (χ3n) is 0. The van der Waals surface area contributed by atoms with Crippen LogP contribution >= 0.6 is 0 Å². The summed E-state index contributed by atoms with van der Waals surface area (Å²) >= 11 is 0. The molecule has 56 valence electrons. The first-order chi connectivity index (χ1) is 0. The second-order valence-electron chi connectivity index (χ2n) is 0. The molecule has 6 N–H and O–H groups in total. The fraction of sp³-hybridized carbons (Fsp3) is 0. The van der Waals surface area contributed by atoms with Crippen molar-refractivity contribution in [2.24, 2.45) is 0 Å². The van der Waals surface area contributed by atoms with Crippen molar-refractivity contribution in [1.29, 1.82) is 0 Å². The largest absolute Gasteiger partial charge is 1.00 e. The monoisotopic (exact) mass is 528 g/mol. The molecule has 0 aliphatic heterocycles. The molecule has 0 aliphatic carbocycles. The Labute approximate surface area is 347 Å². The van der Waals surface area contributed by atoms with E-state index in [1.54, 1.807) is 0 Å². The molecule has 0 unspecified atom stereocenters. The molecule has 0 amide bonds. The normalized spacial score (nSPS) is 0. The molecule has 0 fully saturated rings. The summed E-state index contributed by atoms with van der Waals surface area (Å²) in [6.45, 7) is 0. The second-order valence-corrected chi connectivity index (χ2v) is 0. The maximum absolute atomic E-state index is 0. The fourth-order valence-corrected chi connectivity index (χ4v) is 0. The van der Waals surface area contributed by atoms with Crippen LogP contribution in [0.3, 0.4) is 0 Å². The van der Waals surface area contributed by atoms with E-state index in [2.05, 4.69) is 0 Å². The minimum Gasteiger partial charge on any atom is -0.870 e. The third kappa shape index (κ3) is 87.0. The van der Waals surface area contributed by atoms with E-state index in [9.17, 15) is 0 Å². The molecule has 0 radical (unpaired) electrons. The third-order valence-corrected chi connectivity index (χ3v) is 0. The summed E-state index contributed by atoms with van der Waals surface area (Å²) in [7, 11) is 0. The summed E-state index contributed by atoms with van der Waals surface area (Å²) in [4.78, 5) is 0. The summed E-state index contributed by atoms with van der Waals surface area (Å²) in [5, 5.41) is 0. The fourth-order valence-electron chi connectivity index (χ4n) is 0. The molecule has 0 bridgehead atoms. The molecule has 0 atom stereocenters. The van der Waals surface area contributed by atoms with Gasteiger partial charge in [-0.3, -0.25) is 0 Å². The Balaban J connectivity index is 0. The van der Waals surface area contributed by atoms with Crippen LogP contribution in [0.5, 0.6) is 0 Å². The summed E-state index contributed by atoms with van der Waals surface area (Å²) in [6, 6.07) is 0. The quantitative estimate of drug-likeness (QED) is 0.282. The standard InChI is InChI=1S/6K.6H2O.Os/h;;;;;;6*1H2;/q6*+1;;;;;;;/p-6. The smallest absolute Gasteiger partial charge is 0.870 e. The van der Waals surface area contributed by atoms with Crippen LogP contribution in [0.25, 0.3) is 0 Å². The Bertz CT molecular complexity index is 17.1. The minimum atomic E-state index is 0. The molecule has 0 spiro atoms. The molecule has 0 aromatic heterocycles. The van der Waals surface area contributed by atoms with Gasteiger partial charge in [0.1, 0.15) is 0 Å². The van der Waals surface area contributed by atoms with Gasteiger partial charge < -0.3 is 32.9 Å². The first-order valence-corrected chi connectivity index (χ1v) is 0. The Morgan fingerprint density at radius 2 is 0.231 bits per heavy atom. The van der Waals surface area contributed by atoms with Gasteiger partial charge in [-0.15, -0.1) is 0 Å². The van der Waals surface area contributed by atoms with E-state index in [1.807, 2.05) is 0 Å². The van der Waals surface area contributed by atoms with Gasteiger partial charge in [-0.2, -0.15) is 0 Å². The Hall–Kier alpha value is 10.2. The van der Waals surface area contributed by atoms with Gasteiger partial charge in [0, 0.05) is 19.8 Å². The zero-order valence-electron chi connectivity index (χ0n) is 9.04. The van der Waals surface area contributed by atoms with E-state index in [1.165, 1.54) is 0 Å². The van der Waals surface area contributed by atoms with Crippen molar-refractivity contribution in [3.05, 3.63) is 0 Å². The van der Waals surface area contributed by atoms with Crippen LogP contribution in [-0.4, -0.2) is 32.9 Å². The van der Waals surface area contributed by atoms with Crippen LogP contribution in [0.2, 0.25) is 0 Å². The average Bonchev–Trinajstić information content (AvgIpc) is 0. The van der Waals surface area contributed by atoms with Crippen molar-refractivity contribution >= 4 is 0 Å². The van der Waals surface area contributed by atoms with Crippen LogP contribution in [0, 0.1) is 0 Å². The first kappa shape index (κ1) is 110. The maximum Gasteiger partial charge on any atom is 1.00 e. The molecule has 0 aromatic rings. The first-order valence-electron chi connectivity index (χ1n) is 0. The molecule has 6 nitrogen and oxygen atoms in total. The van der Waals surface area contributed by atoms with Gasteiger partial charge in [0.15, 0.2) is 0 Å². The summed E-state index contributed by atoms with van der Waals surface area (Å²) in [5.41, 5.74) is 0. The van der Waals surface area contributed by atoms with E-state index in [-0.39, 0.29) is 361 Å². The zero-order valence-corrected chi connectivity index (χ0v) is 30.3. The minimum absolute atomic E-state index is 0. The van der Waals surface area contributed by atoms with Gasteiger partial charge >= 0.3 is 308 Å². The molecule has 0 aliphatic rings. The number of hydrogen-bond donors (Lipinski definition) is 0. The number of hydrogen-bond acceptors (Lipinski definition) is 6. The van der Waals surface area contributed by atoms with Crippen molar-refractivity contribution in [3.63, 3.8) is 0 Å². The molecular formula is H6K6O6Os. The van der Waals surface area contributed by atoms with Gasteiger partial charge in [0.25, 0.3) is 0 Å². The summed E-state index contributed by atoms with van der Waals surface area (Å²) in [6.07, 6.45) is 0. The van der Waals surface area contributed by atoms with Crippen molar-refractivity contribution < 1.29 is 361 Å². The van der Waals surface area contributed by atoms with Crippen molar-refractivity contribution in [3.8, 4) is 0 Å². The van der Waals surface area contributed by atoms with Crippen molar-refractivity contribution in [2.45, 2.75) is 0 Å². The topological polar surface area (TPSA) is 180 Å². The van der Waals surface area contributed by atoms with E-state index >= 15 is 0 Å². The van der Waals surface area contributed by atoms with Crippen molar-refractivity contribution in [1.82, 2.24) is 0 Å². The van der Waals surface area contributed by atoms with Crippen LogP contribution in [0.15, 0.2) is 0 Å². The van der Waals surface area contributed by atoms with Gasteiger partial charge in [-0.05, 0) is 0 Å². The number of rotatable bonds is 0.